The van der Waals surface area contributed by atoms with Crippen molar-refractivity contribution >= 4 is 11.9 Å². The molecule has 1 amide bonds. The van der Waals surface area contributed by atoms with Gasteiger partial charge in [-0.1, -0.05) is 31.9 Å². The fourth-order valence-electron chi connectivity index (χ4n) is 3.10. The Morgan fingerprint density at radius 2 is 1.81 bits per heavy atom. The van der Waals surface area contributed by atoms with Crippen molar-refractivity contribution in [1.82, 2.24) is 5.32 Å². The van der Waals surface area contributed by atoms with Gasteiger partial charge in [-0.3, -0.25) is 9.59 Å². The molecular weight excluding hydrogens is 347 g/mol. The quantitative estimate of drug-likeness (QED) is 0.800. The molecule has 1 aromatic carbocycles. The Balaban J connectivity index is 1.83. The maximum atomic E-state index is 12.5. The molecule has 1 fully saturated rings. The summed E-state index contributed by atoms with van der Waals surface area (Å²) in [6.07, 6.45) is -1.34. The highest BCUT2D eigenvalue weighted by Crippen LogP contribution is 2.29. The lowest BCUT2D eigenvalue weighted by Gasteiger charge is -2.30. The Kier molecular flexibility index (Phi) is 6.67. The van der Waals surface area contributed by atoms with Gasteiger partial charge in [-0.05, 0) is 43.4 Å². The number of carbonyl (C=O) groups excluding carboxylic acids is 2. The van der Waals surface area contributed by atoms with Crippen LogP contribution < -0.4 is 5.32 Å². The molecular formula is C19H24F3NO3. The fourth-order valence-corrected chi connectivity index (χ4v) is 3.10. The van der Waals surface area contributed by atoms with E-state index in [9.17, 15) is 22.8 Å². The number of halogens is 3. The van der Waals surface area contributed by atoms with Crippen LogP contribution in [0.25, 0.3) is 0 Å². The molecule has 4 nitrogen and oxygen atoms in total. The number of amides is 1. The van der Waals surface area contributed by atoms with E-state index in [4.69, 9.17) is 4.74 Å². The Labute approximate surface area is 151 Å². The number of hydrogen-bond donors (Lipinski definition) is 1. The number of carbonyl (C=O) groups is 2. The first kappa shape index (κ1) is 20.3. The number of alkyl halides is 3. The molecule has 0 spiro atoms. The van der Waals surface area contributed by atoms with Gasteiger partial charge in [0.25, 0.3) is 5.91 Å². The van der Waals surface area contributed by atoms with Crippen LogP contribution in [-0.2, 0) is 26.9 Å². The van der Waals surface area contributed by atoms with Crippen LogP contribution in [0.15, 0.2) is 24.3 Å². The lowest BCUT2D eigenvalue weighted by molar-refractivity contribution is -0.154. The maximum Gasteiger partial charge on any atom is 0.416 e. The molecule has 0 aliphatic heterocycles. The molecule has 1 aromatic rings. The topological polar surface area (TPSA) is 55.4 Å². The number of benzene rings is 1. The third-order valence-corrected chi connectivity index (χ3v) is 4.75. The van der Waals surface area contributed by atoms with Crippen LogP contribution in [0.2, 0.25) is 0 Å². The van der Waals surface area contributed by atoms with Crippen molar-refractivity contribution in [1.29, 1.82) is 0 Å². The Hall–Kier alpha value is -2.05. The molecule has 144 valence electrons. The number of esters is 1. The van der Waals surface area contributed by atoms with E-state index in [0.29, 0.717) is 11.5 Å². The van der Waals surface area contributed by atoms with Gasteiger partial charge in [0, 0.05) is 6.04 Å². The highest BCUT2D eigenvalue weighted by Gasteiger charge is 2.30. The largest absolute Gasteiger partial charge is 0.452 e. The van der Waals surface area contributed by atoms with Crippen molar-refractivity contribution in [2.75, 3.05) is 0 Å². The third-order valence-electron chi connectivity index (χ3n) is 4.75. The van der Waals surface area contributed by atoms with Crippen molar-refractivity contribution in [3.8, 4) is 0 Å². The molecule has 1 N–H and O–H groups in total. The number of hydrogen-bond acceptors (Lipinski definition) is 3. The van der Waals surface area contributed by atoms with E-state index in [1.54, 1.807) is 0 Å². The second kappa shape index (κ2) is 8.56. The summed E-state index contributed by atoms with van der Waals surface area (Å²) in [5.74, 6) is -0.601. The van der Waals surface area contributed by atoms with E-state index in [1.807, 2.05) is 0 Å². The van der Waals surface area contributed by atoms with Crippen LogP contribution in [0.3, 0.4) is 0 Å². The Morgan fingerprint density at radius 1 is 1.19 bits per heavy atom. The summed E-state index contributed by atoms with van der Waals surface area (Å²) < 4.78 is 42.7. The van der Waals surface area contributed by atoms with E-state index >= 15 is 0 Å². The second-order valence-corrected chi connectivity index (χ2v) is 6.88. The molecule has 0 saturated heterocycles. The molecule has 1 aliphatic rings. The zero-order chi connectivity index (χ0) is 19.3. The van der Waals surface area contributed by atoms with Crippen molar-refractivity contribution in [2.45, 2.75) is 64.3 Å². The van der Waals surface area contributed by atoms with Crippen molar-refractivity contribution in [3.05, 3.63) is 35.4 Å². The third kappa shape index (κ3) is 5.75. The first-order chi connectivity index (χ1) is 12.2. The van der Waals surface area contributed by atoms with Crippen molar-refractivity contribution in [3.63, 3.8) is 0 Å². The average molecular weight is 371 g/mol. The molecule has 0 bridgehead atoms. The van der Waals surface area contributed by atoms with Gasteiger partial charge >= 0.3 is 12.1 Å². The van der Waals surface area contributed by atoms with Crippen LogP contribution in [-0.4, -0.2) is 24.0 Å². The monoisotopic (exact) mass is 371 g/mol. The van der Waals surface area contributed by atoms with Gasteiger partial charge in [-0.25, -0.2) is 0 Å². The van der Waals surface area contributed by atoms with Gasteiger partial charge in [-0.15, -0.1) is 0 Å². The zero-order valence-electron chi connectivity index (χ0n) is 14.9. The zero-order valence-corrected chi connectivity index (χ0v) is 14.9. The lowest BCUT2D eigenvalue weighted by atomic mass is 9.86. The highest BCUT2D eigenvalue weighted by atomic mass is 19.4. The predicted octanol–water partition coefficient (Wildman–Crippen LogP) is 3.87. The molecule has 3 atom stereocenters. The first-order valence-electron chi connectivity index (χ1n) is 8.83. The highest BCUT2D eigenvalue weighted by molar-refractivity contribution is 5.84. The summed E-state index contributed by atoms with van der Waals surface area (Å²) in [5.41, 5.74) is -0.375. The summed E-state index contributed by atoms with van der Waals surface area (Å²) in [7, 11) is 0. The van der Waals surface area contributed by atoms with Gasteiger partial charge in [0.15, 0.2) is 6.10 Å². The molecule has 0 heterocycles. The summed E-state index contributed by atoms with van der Waals surface area (Å²) in [4.78, 5) is 24.1. The fraction of sp³-hybridized carbons (Fsp3) is 0.579. The first-order valence-corrected chi connectivity index (χ1v) is 8.83. The average Bonchev–Trinajstić information content (AvgIpc) is 2.56. The van der Waals surface area contributed by atoms with E-state index < -0.39 is 23.8 Å². The number of rotatable bonds is 5. The summed E-state index contributed by atoms with van der Waals surface area (Å²) >= 11 is 0. The lowest BCUT2D eigenvalue weighted by Crippen LogP contribution is -2.46. The van der Waals surface area contributed by atoms with Gasteiger partial charge in [-0.2, -0.15) is 13.2 Å². The van der Waals surface area contributed by atoms with Crippen molar-refractivity contribution in [2.24, 2.45) is 5.92 Å². The molecule has 0 radical (unpaired) electrons. The second-order valence-electron chi connectivity index (χ2n) is 6.88. The minimum atomic E-state index is -4.41. The summed E-state index contributed by atoms with van der Waals surface area (Å²) in [5, 5.41) is 2.92. The normalized spacial score (nSPS) is 21.7. The molecule has 7 heteroatoms. The smallest absolute Gasteiger partial charge is 0.416 e. The van der Waals surface area contributed by atoms with E-state index in [-0.39, 0.29) is 18.4 Å². The van der Waals surface area contributed by atoms with E-state index in [0.717, 1.165) is 37.8 Å². The molecule has 3 unspecified atom stereocenters. The van der Waals surface area contributed by atoms with Crippen LogP contribution in [0.5, 0.6) is 0 Å². The van der Waals surface area contributed by atoms with Crippen LogP contribution in [0.4, 0.5) is 13.2 Å². The van der Waals surface area contributed by atoms with Crippen LogP contribution in [0, 0.1) is 5.92 Å². The SMILES string of the molecule is CC(OC(=O)Cc1ccc(C(F)(F)F)cc1)C(=O)NC1CCCCC1C. The summed E-state index contributed by atoms with van der Waals surface area (Å²) in [6, 6.07) is 4.40. The van der Waals surface area contributed by atoms with Gasteiger partial charge < -0.3 is 10.1 Å². The number of ether oxygens (including phenoxy) is 1. The number of nitrogens with one attached hydrogen (secondary N) is 1. The minimum absolute atomic E-state index is 0.0901. The van der Waals surface area contributed by atoms with Gasteiger partial charge in [0.1, 0.15) is 0 Å². The molecule has 0 aromatic heterocycles. The molecule has 1 aliphatic carbocycles. The summed E-state index contributed by atoms with van der Waals surface area (Å²) in [6.45, 7) is 3.58. The van der Waals surface area contributed by atoms with Gasteiger partial charge in [0.2, 0.25) is 0 Å². The molecule has 1 saturated carbocycles. The van der Waals surface area contributed by atoms with Crippen molar-refractivity contribution < 1.29 is 27.5 Å². The predicted molar refractivity (Wildman–Crippen MR) is 90.3 cm³/mol. The van der Waals surface area contributed by atoms with Crippen LogP contribution >= 0.6 is 0 Å². The minimum Gasteiger partial charge on any atom is -0.452 e. The van der Waals surface area contributed by atoms with Gasteiger partial charge in [0.05, 0.1) is 12.0 Å². The van der Waals surface area contributed by atoms with E-state index in [2.05, 4.69) is 12.2 Å². The molecule has 2 rings (SSSR count). The molecule has 26 heavy (non-hydrogen) atoms. The Bertz CT molecular complexity index is 628. The Morgan fingerprint density at radius 3 is 2.38 bits per heavy atom. The maximum absolute atomic E-state index is 12.5. The van der Waals surface area contributed by atoms with Crippen LogP contribution in [0.1, 0.15) is 50.7 Å². The standard InChI is InChI=1S/C19H24F3NO3/c1-12-5-3-4-6-16(12)23-18(25)13(2)26-17(24)11-14-7-9-15(10-8-14)19(20,21)22/h7-10,12-13,16H,3-6,11H2,1-2H3,(H,23,25). The van der Waals surface area contributed by atoms with E-state index in [1.165, 1.54) is 19.1 Å².